The van der Waals surface area contributed by atoms with E-state index in [2.05, 4.69) is 0 Å². The van der Waals surface area contributed by atoms with Crippen molar-refractivity contribution in [1.82, 2.24) is 0 Å². The van der Waals surface area contributed by atoms with Crippen LogP contribution in [0.3, 0.4) is 0 Å². The van der Waals surface area contributed by atoms with E-state index in [1.807, 2.05) is 0 Å². The molecule has 44 valence electrons. The van der Waals surface area contributed by atoms with Crippen molar-refractivity contribution in [2.75, 3.05) is 6.26 Å². The molecular weight excluding hydrogens is 131 g/mol. The van der Waals surface area contributed by atoms with Gasteiger partial charge in [0.15, 0.2) is 0 Å². The Morgan fingerprint density at radius 1 is 1.43 bits per heavy atom. The van der Waals surface area contributed by atoms with Crippen molar-refractivity contribution in [1.29, 1.82) is 0 Å². The van der Waals surface area contributed by atoms with Crippen molar-refractivity contribution in [2.45, 2.75) is 0 Å². The van der Waals surface area contributed by atoms with Crippen LogP contribution in [-0.4, -0.2) is 55.5 Å². The van der Waals surface area contributed by atoms with Gasteiger partial charge in [-0.05, 0) is 0 Å². The molecule has 0 aromatic heterocycles. The van der Waals surface area contributed by atoms with E-state index in [4.69, 9.17) is 8.76 Å². The SMILES string of the molecule is CS(=O)O.O.O.[NaH]. The molecule has 4 nitrogen and oxygen atoms in total. The Hall–Kier alpha value is 1.03. The molecule has 0 bridgehead atoms. The summed E-state index contributed by atoms with van der Waals surface area (Å²) in [5.74, 6) is 0. The summed E-state index contributed by atoms with van der Waals surface area (Å²) in [6, 6.07) is 0. The summed E-state index contributed by atoms with van der Waals surface area (Å²) < 4.78 is 16.6. The molecule has 0 saturated heterocycles. The summed E-state index contributed by atoms with van der Waals surface area (Å²) in [6.45, 7) is 0. The Labute approximate surface area is 66.5 Å². The normalized spacial score (nSPS) is 8.86. The fraction of sp³-hybridized carbons (Fsp3) is 1.00. The molecule has 7 heavy (non-hydrogen) atoms. The third kappa shape index (κ3) is 168. The first-order valence-corrected chi connectivity index (χ1v) is 2.27. The third-order valence-corrected chi connectivity index (χ3v) is 0. The zero-order valence-electron chi connectivity index (χ0n) is 3.26. The van der Waals surface area contributed by atoms with Crippen LogP contribution >= 0.6 is 0 Å². The van der Waals surface area contributed by atoms with Crippen molar-refractivity contribution in [2.24, 2.45) is 0 Å². The molecule has 1 atom stereocenters. The second-order valence-electron chi connectivity index (χ2n) is 0.424. The molecule has 6 heteroatoms. The molecule has 5 N–H and O–H groups in total. The Balaban J connectivity index is -0.0000000150. The third-order valence-electron chi connectivity index (χ3n) is 0. The van der Waals surface area contributed by atoms with Gasteiger partial charge in [-0.15, -0.1) is 0 Å². The molecule has 0 aliphatic rings. The number of rotatable bonds is 0. The van der Waals surface area contributed by atoms with Crippen LogP contribution in [0.25, 0.3) is 0 Å². The van der Waals surface area contributed by atoms with Gasteiger partial charge in [0, 0.05) is 6.26 Å². The van der Waals surface area contributed by atoms with E-state index in [1.165, 1.54) is 6.26 Å². The van der Waals surface area contributed by atoms with E-state index in [1.54, 1.807) is 0 Å². The van der Waals surface area contributed by atoms with E-state index in [0.717, 1.165) is 0 Å². The summed E-state index contributed by atoms with van der Waals surface area (Å²) >= 11 is -1.61. The predicted molar refractivity (Wildman–Crippen MR) is 31.1 cm³/mol. The van der Waals surface area contributed by atoms with E-state index < -0.39 is 11.1 Å². The molecule has 0 aromatic rings. The topological polar surface area (TPSA) is 100 Å². The van der Waals surface area contributed by atoms with Crippen LogP contribution in [0, 0.1) is 0 Å². The van der Waals surface area contributed by atoms with Crippen LogP contribution in [0.15, 0.2) is 0 Å². The molecule has 0 rings (SSSR count). The molecule has 0 heterocycles. The zero-order valence-corrected chi connectivity index (χ0v) is 4.08. The van der Waals surface area contributed by atoms with Gasteiger partial charge in [-0.1, -0.05) is 0 Å². The Morgan fingerprint density at radius 3 is 1.43 bits per heavy atom. The molecule has 0 fully saturated rings. The number of hydrogen-bond donors (Lipinski definition) is 1. The van der Waals surface area contributed by atoms with Crippen molar-refractivity contribution >= 4 is 40.6 Å². The van der Waals surface area contributed by atoms with Crippen LogP contribution in [-0.2, 0) is 11.1 Å². The van der Waals surface area contributed by atoms with Crippen LogP contribution < -0.4 is 0 Å². The first-order chi connectivity index (χ1) is 1.73. The van der Waals surface area contributed by atoms with E-state index >= 15 is 0 Å². The minimum atomic E-state index is -1.61. The maximum atomic E-state index is 9.11. The average Bonchev–Trinajstić information content (AvgIpc) is 0.811. The van der Waals surface area contributed by atoms with Crippen LogP contribution in [0.1, 0.15) is 0 Å². The molecule has 0 saturated carbocycles. The van der Waals surface area contributed by atoms with Gasteiger partial charge < -0.3 is 15.5 Å². The van der Waals surface area contributed by atoms with Crippen molar-refractivity contribution in [3.05, 3.63) is 0 Å². The van der Waals surface area contributed by atoms with Crippen molar-refractivity contribution in [3.63, 3.8) is 0 Å². The molecule has 0 aliphatic heterocycles. The quantitative estimate of drug-likeness (QED) is 0.298. The van der Waals surface area contributed by atoms with Crippen LogP contribution in [0.2, 0.25) is 0 Å². The molecular formula is CH9NaO4S. The summed E-state index contributed by atoms with van der Waals surface area (Å²) in [5.41, 5.74) is 0. The molecule has 0 radical (unpaired) electrons. The minimum absolute atomic E-state index is 0. The summed E-state index contributed by atoms with van der Waals surface area (Å²) in [4.78, 5) is 0. The second kappa shape index (κ2) is 15.7. The van der Waals surface area contributed by atoms with Gasteiger partial charge in [0.05, 0.1) is 0 Å². The second-order valence-corrected chi connectivity index (χ2v) is 1.27. The molecule has 0 aliphatic carbocycles. The fourth-order valence-electron chi connectivity index (χ4n) is 0. The Morgan fingerprint density at radius 2 is 1.43 bits per heavy atom. The Bertz CT molecular complexity index is 34.7. The van der Waals surface area contributed by atoms with Gasteiger partial charge in [-0.2, -0.15) is 0 Å². The average molecular weight is 140 g/mol. The first kappa shape index (κ1) is 24.4. The molecule has 1 unspecified atom stereocenters. The fourth-order valence-corrected chi connectivity index (χ4v) is 0. The number of hydrogen-bond acceptors (Lipinski definition) is 1. The first-order valence-electron chi connectivity index (χ1n) is 0.757. The molecule has 0 spiro atoms. The van der Waals surface area contributed by atoms with Gasteiger partial charge in [-0.25, -0.2) is 4.21 Å². The van der Waals surface area contributed by atoms with E-state index in [-0.39, 0.29) is 40.5 Å². The maximum absolute atomic E-state index is 9.11. The van der Waals surface area contributed by atoms with E-state index in [9.17, 15) is 0 Å². The van der Waals surface area contributed by atoms with Gasteiger partial charge >= 0.3 is 29.6 Å². The zero-order chi connectivity index (χ0) is 3.58. The van der Waals surface area contributed by atoms with Gasteiger partial charge in [0.1, 0.15) is 11.1 Å². The van der Waals surface area contributed by atoms with Crippen molar-refractivity contribution < 1.29 is 19.7 Å². The molecule has 0 amide bonds. The predicted octanol–water partition coefficient (Wildman–Crippen LogP) is -2.46. The van der Waals surface area contributed by atoms with Gasteiger partial charge in [0.2, 0.25) is 0 Å². The summed E-state index contributed by atoms with van der Waals surface area (Å²) in [5, 5.41) is 0. The van der Waals surface area contributed by atoms with Crippen LogP contribution in [0.4, 0.5) is 0 Å². The van der Waals surface area contributed by atoms with Gasteiger partial charge in [0.25, 0.3) is 0 Å². The monoisotopic (exact) mass is 140 g/mol. The Kier molecular flexibility index (Phi) is 54.9. The van der Waals surface area contributed by atoms with Gasteiger partial charge in [-0.3, -0.25) is 0 Å². The van der Waals surface area contributed by atoms with Crippen LogP contribution in [0.5, 0.6) is 0 Å². The van der Waals surface area contributed by atoms with Crippen molar-refractivity contribution in [3.8, 4) is 0 Å². The summed E-state index contributed by atoms with van der Waals surface area (Å²) in [7, 11) is 0. The molecule has 0 aromatic carbocycles. The van der Waals surface area contributed by atoms with E-state index in [0.29, 0.717) is 0 Å². The standard InChI is InChI=1S/CH4O2S.Na.2H2O.H/c1-4(2)3;;;;/h1H3,(H,2,3);;2*1H2;. The summed E-state index contributed by atoms with van der Waals surface area (Å²) in [6.07, 6.45) is 1.19.